The van der Waals surface area contributed by atoms with Crippen LogP contribution in [0, 0.1) is 5.92 Å². The second-order valence-electron chi connectivity index (χ2n) is 16.7. The summed E-state index contributed by atoms with van der Waals surface area (Å²) in [7, 11) is 0. The van der Waals surface area contributed by atoms with Crippen molar-refractivity contribution in [2.45, 2.75) is 30.7 Å². The van der Waals surface area contributed by atoms with Crippen LogP contribution in [-0.4, -0.2) is 6.04 Å². The predicted molar refractivity (Wildman–Crippen MR) is 267 cm³/mol. The van der Waals surface area contributed by atoms with Crippen LogP contribution in [0.2, 0.25) is 0 Å². The monoisotopic (exact) mass is 813 g/mol. The number of nitrogens with zero attached hydrogens (tertiary/aromatic N) is 1. The molecule has 62 heavy (non-hydrogen) atoms. The first-order valence-corrected chi connectivity index (χ1v) is 22.7. The Balaban J connectivity index is 1.05. The standard InChI is InChI=1S/C60H47NS/c1-3-17-57-51(4-2)59-56(28-16-29-58(59)62-57)61(49-34-32-42(33-35-49)44-20-15-21-45(38-44)46-31-30-41-18-11-12-19-43(41)39-46)50-36-37-53-52-26-13-14-27-54(52)60(55(53)40-50,47-22-7-5-8-23-47)48-24-9-6-10-25-48/h3-34,36-40,49,53,55H,2,35H2,1H3/b17-3-. The highest BCUT2D eigenvalue weighted by Gasteiger charge is 2.53. The fourth-order valence-electron chi connectivity index (χ4n) is 10.7. The molecule has 0 radical (unpaired) electrons. The smallest absolute Gasteiger partial charge is 0.0560 e. The molecule has 11 rings (SSSR count). The Hall–Kier alpha value is -7.00. The van der Waals surface area contributed by atoms with Crippen LogP contribution < -0.4 is 4.90 Å². The molecule has 1 heterocycles. The zero-order valence-electron chi connectivity index (χ0n) is 34.9. The summed E-state index contributed by atoms with van der Waals surface area (Å²) in [6, 6.07) is 62.9. The molecular formula is C60H47NS. The van der Waals surface area contributed by atoms with Crippen molar-refractivity contribution in [1.82, 2.24) is 0 Å². The van der Waals surface area contributed by atoms with Crippen molar-refractivity contribution < 1.29 is 0 Å². The van der Waals surface area contributed by atoms with Gasteiger partial charge in [-0.2, -0.15) is 0 Å². The molecule has 0 saturated carbocycles. The number of benzene rings is 7. The lowest BCUT2D eigenvalue weighted by molar-refractivity contribution is 0.452. The zero-order valence-corrected chi connectivity index (χ0v) is 35.7. The molecule has 3 aliphatic carbocycles. The molecule has 1 nitrogen and oxygen atoms in total. The van der Waals surface area contributed by atoms with Crippen molar-refractivity contribution in [3.63, 3.8) is 0 Å². The van der Waals surface area contributed by atoms with E-state index in [4.69, 9.17) is 0 Å². The number of hydrogen-bond acceptors (Lipinski definition) is 2. The fraction of sp³-hybridized carbons (Fsp3) is 0.100. The third-order valence-corrected chi connectivity index (χ3v) is 14.6. The lowest BCUT2D eigenvalue weighted by atomic mass is 9.63. The Labute approximate surface area is 369 Å². The van der Waals surface area contributed by atoms with Gasteiger partial charge in [0.25, 0.3) is 0 Å². The number of allylic oxidation sites excluding steroid dienone is 6. The number of anilines is 1. The minimum absolute atomic E-state index is 0.0785. The van der Waals surface area contributed by atoms with Gasteiger partial charge in [-0.1, -0.05) is 195 Å². The van der Waals surface area contributed by atoms with Crippen molar-refractivity contribution in [2.24, 2.45) is 5.92 Å². The first-order valence-electron chi connectivity index (χ1n) is 21.8. The van der Waals surface area contributed by atoms with Crippen LogP contribution in [0.4, 0.5) is 5.69 Å². The van der Waals surface area contributed by atoms with E-state index in [1.807, 2.05) is 11.3 Å². The molecule has 3 aliphatic rings. The summed E-state index contributed by atoms with van der Waals surface area (Å²) in [5, 5.41) is 3.78. The Morgan fingerprint density at radius 2 is 1.37 bits per heavy atom. The molecule has 0 fully saturated rings. The predicted octanol–water partition coefficient (Wildman–Crippen LogP) is 15.8. The van der Waals surface area contributed by atoms with E-state index in [0.29, 0.717) is 0 Å². The Bertz CT molecular complexity index is 3120. The van der Waals surface area contributed by atoms with Gasteiger partial charge in [0.15, 0.2) is 0 Å². The second kappa shape index (κ2) is 15.8. The van der Waals surface area contributed by atoms with Crippen molar-refractivity contribution in [1.29, 1.82) is 0 Å². The number of fused-ring (bicyclic) bond motifs is 5. The first kappa shape index (κ1) is 38.0. The molecule has 3 atom stereocenters. The van der Waals surface area contributed by atoms with Crippen molar-refractivity contribution in [3.8, 4) is 11.1 Å². The molecule has 1 aromatic heterocycles. The summed E-state index contributed by atoms with van der Waals surface area (Å²) in [6.07, 6.45) is 22.1. The van der Waals surface area contributed by atoms with Crippen LogP contribution in [0.3, 0.4) is 0 Å². The van der Waals surface area contributed by atoms with Crippen LogP contribution in [-0.2, 0) is 5.41 Å². The van der Waals surface area contributed by atoms with Gasteiger partial charge in [0.1, 0.15) is 0 Å². The molecule has 0 N–H and O–H groups in total. The van der Waals surface area contributed by atoms with Crippen LogP contribution >= 0.6 is 11.3 Å². The van der Waals surface area contributed by atoms with E-state index >= 15 is 0 Å². The zero-order chi connectivity index (χ0) is 41.6. The summed E-state index contributed by atoms with van der Waals surface area (Å²) in [5.41, 5.74) is 13.7. The van der Waals surface area contributed by atoms with Gasteiger partial charge in [-0.25, -0.2) is 0 Å². The minimum atomic E-state index is -0.378. The lowest BCUT2D eigenvalue weighted by Crippen LogP contribution is -2.38. The van der Waals surface area contributed by atoms with Crippen LogP contribution in [0.15, 0.2) is 225 Å². The Kier molecular flexibility index (Phi) is 9.67. The van der Waals surface area contributed by atoms with Gasteiger partial charge in [-0.15, -0.1) is 11.3 Å². The average molecular weight is 814 g/mol. The van der Waals surface area contributed by atoms with Gasteiger partial charge in [-0.05, 0) is 105 Å². The highest BCUT2D eigenvalue weighted by molar-refractivity contribution is 7.20. The topological polar surface area (TPSA) is 3.24 Å². The maximum atomic E-state index is 4.36. The Morgan fingerprint density at radius 1 is 0.661 bits per heavy atom. The summed E-state index contributed by atoms with van der Waals surface area (Å²) in [4.78, 5) is 3.87. The molecule has 0 aliphatic heterocycles. The second-order valence-corrected chi connectivity index (χ2v) is 17.8. The van der Waals surface area contributed by atoms with Crippen LogP contribution in [0.1, 0.15) is 57.5 Å². The van der Waals surface area contributed by atoms with Gasteiger partial charge < -0.3 is 4.90 Å². The minimum Gasteiger partial charge on any atom is -0.334 e. The molecule has 2 heteroatoms. The molecule has 0 amide bonds. The SMILES string of the molecule is C=Cc1c(/C=C\C)sc2cccc(N(C3=CC4C(C=C3)c3ccccc3C4(c3ccccc3)c3ccccc3)C3C=CC(c4cccc(-c5ccc6ccccc6c5)c4)=CC3)c12. The van der Waals surface area contributed by atoms with Gasteiger partial charge >= 0.3 is 0 Å². The van der Waals surface area contributed by atoms with Crippen molar-refractivity contribution in [2.75, 3.05) is 4.90 Å². The van der Waals surface area contributed by atoms with Crippen molar-refractivity contribution in [3.05, 3.63) is 263 Å². The summed E-state index contributed by atoms with van der Waals surface area (Å²) >= 11 is 1.84. The maximum Gasteiger partial charge on any atom is 0.0560 e. The van der Waals surface area contributed by atoms with E-state index in [9.17, 15) is 0 Å². The molecule has 0 saturated heterocycles. The van der Waals surface area contributed by atoms with E-state index in [1.54, 1.807) is 0 Å². The molecule has 0 bridgehead atoms. The highest BCUT2D eigenvalue weighted by Crippen LogP contribution is 2.60. The van der Waals surface area contributed by atoms with E-state index in [-0.39, 0.29) is 23.3 Å². The van der Waals surface area contributed by atoms with Gasteiger partial charge in [0, 0.05) is 38.1 Å². The number of rotatable bonds is 9. The summed E-state index contributed by atoms with van der Waals surface area (Å²) in [5.74, 6) is 0.366. The summed E-state index contributed by atoms with van der Waals surface area (Å²) < 4.78 is 1.27. The molecule has 8 aromatic rings. The molecule has 3 unspecified atom stereocenters. The molecule has 0 spiro atoms. The van der Waals surface area contributed by atoms with Gasteiger partial charge in [0.2, 0.25) is 0 Å². The highest BCUT2D eigenvalue weighted by atomic mass is 32.1. The molecular weight excluding hydrogens is 767 g/mol. The maximum absolute atomic E-state index is 4.36. The van der Waals surface area contributed by atoms with E-state index in [1.165, 1.54) is 87.2 Å². The normalized spacial score (nSPS) is 18.7. The average Bonchev–Trinajstić information content (AvgIpc) is 3.85. The summed E-state index contributed by atoms with van der Waals surface area (Å²) in [6.45, 7) is 6.46. The lowest BCUT2D eigenvalue weighted by Gasteiger charge is -2.42. The fourth-order valence-corrected chi connectivity index (χ4v) is 11.9. The largest absolute Gasteiger partial charge is 0.334 e. The quantitative estimate of drug-likeness (QED) is 0.140. The van der Waals surface area contributed by atoms with E-state index < -0.39 is 0 Å². The number of hydrogen-bond donors (Lipinski definition) is 0. The van der Waals surface area contributed by atoms with Crippen LogP contribution in [0.25, 0.3) is 49.7 Å². The van der Waals surface area contributed by atoms with E-state index in [2.05, 4.69) is 243 Å². The Morgan fingerprint density at radius 3 is 2.13 bits per heavy atom. The van der Waals surface area contributed by atoms with Gasteiger partial charge in [-0.3, -0.25) is 0 Å². The van der Waals surface area contributed by atoms with Crippen molar-refractivity contribution >= 4 is 55.6 Å². The third kappa shape index (κ3) is 6.20. The molecule has 298 valence electrons. The molecule has 7 aromatic carbocycles. The third-order valence-electron chi connectivity index (χ3n) is 13.4. The first-order chi connectivity index (χ1) is 30.6. The number of thiophene rings is 1. The van der Waals surface area contributed by atoms with Gasteiger partial charge in [0.05, 0.1) is 17.1 Å². The van der Waals surface area contributed by atoms with E-state index in [0.717, 1.165) is 6.42 Å². The van der Waals surface area contributed by atoms with Crippen LogP contribution in [0.5, 0.6) is 0 Å².